The number of ether oxygens (including phenoxy) is 2. The number of carbonyl (C=O) groups is 4. The van der Waals surface area contributed by atoms with Crippen molar-refractivity contribution in [2.24, 2.45) is 11.8 Å². The van der Waals surface area contributed by atoms with Crippen LogP contribution in [-0.2, 0) is 35.2 Å². The van der Waals surface area contributed by atoms with E-state index in [1.54, 1.807) is 13.8 Å². The summed E-state index contributed by atoms with van der Waals surface area (Å²) < 4.78 is 10.6. The van der Waals surface area contributed by atoms with Crippen LogP contribution in [0.1, 0.15) is 103 Å². The SMILES string of the molecule is CCOC(=O)c1c(NC(=O)c2ccc(C(=O)Nc3sc4c(c3C(=O)OCC)CCC(C)C4)nc2)sc2c1CCC(C)C2. The second-order valence-electron chi connectivity index (χ2n) is 10.9. The third-order valence-electron chi connectivity index (χ3n) is 7.69. The molecule has 0 fully saturated rings. The summed E-state index contributed by atoms with van der Waals surface area (Å²) in [7, 11) is 0. The summed E-state index contributed by atoms with van der Waals surface area (Å²) in [6.07, 6.45) is 6.54. The third kappa shape index (κ3) is 6.12. The van der Waals surface area contributed by atoms with Crippen LogP contribution in [0.4, 0.5) is 10.0 Å². The molecule has 3 heterocycles. The first-order chi connectivity index (χ1) is 20.2. The molecule has 0 aromatic carbocycles. The molecule has 5 rings (SSSR count). The van der Waals surface area contributed by atoms with Gasteiger partial charge in [0.15, 0.2) is 0 Å². The van der Waals surface area contributed by atoms with E-state index in [0.717, 1.165) is 59.4 Å². The number of nitrogens with one attached hydrogen (secondary N) is 2. The molecule has 0 saturated carbocycles. The molecule has 2 aliphatic carbocycles. The molecule has 2 atom stereocenters. The second kappa shape index (κ2) is 12.7. The fourth-order valence-corrected chi connectivity index (χ4v) is 8.31. The van der Waals surface area contributed by atoms with Gasteiger partial charge in [-0.15, -0.1) is 22.7 Å². The normalized spacial score (nSPS) is 17.5. The molecule has 2 unspecified atom stereocenters. The molecule has 11 heteroatoms. The first-order valence-corrected chi connectivity index (χ1v) is 16.0. The number of aromatic nitrogens is 1. The lowest BCUT2D eigenvalue weighted by atomic mass is 9.88. The highest BCUT2D eigenvalue weighted by Crippen LogP contribution is 2.41. The van der Waals surface area contributed by atoms with Gasteiger partial charge in [-0.05, 0) is 87.5 Å². The Morgan fingerprint density at radius 2 is 1.31 bits per heavy atom. The van der Waals surface area contributed by atoms with Gasteiger partial charge in [0.05, 0.1) is 29.9 Å². The minimum absolute atomic E-state index is 0.105. The number of anilines is 2. The summed E-state index contributed by atoms with van der Waals surface area (Å²) in [5.41, 5.74) is 3.13. The van der Waals surface area contributed by atoms with Crippen molar-refractivity contribution in [2.75, 3.05) is 23.8 Å². The predicted molar refractivity (Wildman–Crippen MR) is 163 cm³/mol. The topological polar surface area (TPSA) is 124 Å². The Bertz CT molecular complexity index is 1410. The van der Waals surface area contributed by atoms with Crippen LogP contribution in [0.25, 0.3) is 0 Å². The molecule has 9 nitrogen and oxygen atoms in total. The smallest absolute Gasteiger partial charge is 0.341 e. The van der Waals surface area contributed by atoms with Crippen molar-refractivity contribution < 1.29 is 28.7 Å². The van der Waals surface area contributed by atoms with E-state index in [-0.39, 0.29) is 24.5 Å². The Labute approximate surface area is 253 Å². The average Bonchev–Trinajstić information content (AvgIpc) is 3.49. The maximum absolute atomic E-state index is 13.2. The number of carbonyl (C=O) groups excluding carboxylic acids is 4. The molecule has 222 valence electrons. The van der Waals surface area contributed by atoms with E-state index in [1.807, 2.05) is 0 Å². The highest BCUT2D eigenvalue weighted by Gasteiger charge is 2.31. The molecule has 0 aliphatic heterocycles. The number of esters is 2. The summed E-state index contributed by atoms with van der Waals surface area (Å²) in [5, 5.41) is 6.67. The number of pyridine rings is 1. The molecular weight excluding hydrogens is 574 g/mol. The van der Waals surface area contributed by atoms with Crippen molar-refractivity contribution in [3.05, 3.63) is 61.6 Å². The van der Waals surface area contributed by atoms with E-state index >= 15 is 0 Å². The van der Waals surface area contributed by atoms with Gasteiger partial charge < -0.3 is 20.1 Å². The van der Waals surface area contributed by atoms with Crippen molar-refractivity contribution in [2.45, 2.75) is 66.2 Å². The van der Waals surface area contributed by atoms with Crippen LogP contribution >= 0.6 is 22.7 Å². The Kier molecular flexibility index (Phi) is 9.08. The van der Waals surface area contributed by atoms with Gasteiger partial charge >= 0.3 is 11.9 Å². The molecule has 0 bridgehead atoms. The number of rotatable bonds is 8. The molecule has 2 N–H and O–H groups in total. The van der Waals surface area contributed by atoms with Crippen LogP contribution < -0.4 is 10.6 Å². The Hall–Kier alpha value is -3.57. The monoisotopic (exact) mass is 609 g/mol. The minimum atomic E-state index is -0.483. The quantitative estimate of drug-likeness (QED) is 0.287. The van der Waals surface area contributed by atoms with Crippen molar-refractivity contribution in [3.63, 3.8) is 0 Å². The Morgan fingerprint density at radius 3 is 1.76 bits per heavy atom. The number of hydrogen-bond donors (Lipinski definition) is 2. The highest BCUT2D eigenvalue weighted by molar-refractivity contribution is 7.17. The van der Waals surface area contributed by atoms with E-state index in [1.165, 1.54) is 41.0 Å². The van der Waals surface area contributed by atoms with Gasteiger partial charge in [0.25, 0.3) is 11.8 Å². The standard InChI is InChI=1S/C31H35N3O6S2/c1-5-39-30(37)24-19-10-7-16(3)13-22(19)41-28(24)33-26(35)18-9-12-21(32-15-18)27(36)34-29-25(31(38)40-6-2)20-11-8-17(4)14-23(20)42-29/h9,12,15-17H,5-8,10-11,13-14H2,1-4H3,(H,33,35)(H,34,36). The molecule has 2 aliphatic rings. The second-order valence-corrected chi connectivity index (χ2v) is 13.1. The zero-order valence-electron chi connectivity index (χ0n) is 24.3. The number of thiophene rings is 2. The molecule has 0 saturated heterocycles. The van der Waals surface area contributed by atoms with Gasteiger partial charge in [0, 0.05) is 16.0 Å². The first-order valence-electron chi connectivity index (χ1n) is 14.4. The maximum Gasteiger partial charge on any atom is 0.341 e. The van der Waals surface area contributed by atoms with Gasteiger partial charge in [0.1, 0.15) is 15.7 Å². The van der Waals surface area contributed by atoms with Crippen LogP contribution in [0.2, 0.25) is 0 Å². The summed E-state index contributed by atoms with van der Waals surface area (Å²) in [6.45, 7) is 8.35. The van der Waals surface area contributed by atoms with Crippen molar-refractivity contribution in [1.29, 1.82) is 0 Å². The largest absolute Gasteiger partial charge is 0.462 e. The molecule has 42 heavy (non-hydrogen) atoms. The van der Waals surface area contributed by atoms with E-state index < -0.39 is 23.8 Å². The maximum atomic E-state index is 13.2. The average molecular weight is 610 g/mol. The highest BCUT2D eigenvalue weighted by atomic mass is 32.1. The van der Waals surface area contributed by atoms with Crippen molar-refractivity contribution in [3.8, 4) is 0 Å². The van der Waals surface area contributed by atoms with Crippen molar-refractivity contribution >= 4 is 56.4 Å². The summed E-state index contributed by atoms with van der Waals surface area (Å²) in [4.78, 5) is 58.3. The third-order valence-corrected chi connectivity index (χ3v) is 10.0. The number of fused-ring (bicyclic) bond motifs is 2. The zero-order chi connectivity index (χ0) is 30.0. The lowest BCUT2D eigenvalue weighted by Gasteiger charge is -2.18. The van der Waals surface area contributed by atoms with Gasteiger partial charge in [0.2, 0.25) is 0 Å². The van der Waals surface area contributed by atoms with E-state index in [2.05, 4.69) is 29.5 Å². The Morgan fingerprint density at radius 1 is 0.810 bits per heavy atom. The van der Waals surface area contributed by atoms with E-state index in [9.17, 15) is 19.2 Å². The fraction of sp³-hybridized carbons (Fsp3) is 0.452. The lowest BCUT2D eigenvalue weighted by Crippen LogP contribution is -2.18. The number of hydrogen-bond acceptors (Lipinski definition) is 9. The minimum Gasteiger partial charge on any atom is -0.462 e. The zero-order valence-corrected chi connectivity index (χ0v) is 25.9. The van der Waals surface area contributed by atoms with Crippen LogP contribution in [0.5, 0.6) is 0 Å². The van der Waals surface area contributed by atoms with Gasteiger partial charge in [-0.1, -0.05) is 13.8 Å². The molecule has 0 spiro atoms. The molecule has 3 aromatic rings. The summed E-state index contributed by atoms with van der Waals surface area (Å²) >= 11 is 2.83. The first kappa shape index (κ1) is 29.9. The molecule has 0 radical (unpaired) electrons. The van der Waals surface area contributed by atoms with Gasteiger partial charge in [-0.25, -0.2) is 9.59 Å². The fourth-order valence-electron chi connectivity index (χ4n) is 5.52. The lowest BCUT2D eigenvalue weighted by molar-refractivity contribution is 0.0516. The van der Waals surface area contributed by atoms with Crippen LogP contribution in [-0.4, -0.2) is 42.0 Å². The number of amides is 2. The van der Waals surface area contributed by atoms with Gasteiger partial charge in [-0.2, -0.15) is 0 Å². The molecule has 2 amide bonds. The predicted octanol–water partition coefficient (Wildman–Crippen LogP) is 6.31. The van der Waals surface area contributed by atoms with Crippen molar-refractivity contribution in [1.82, 2.24) is 4.98 Å². The van der Waals surface area contributed by atoms with Crippen LogP contribution in [0.3, 0.4) is 0 Å². The summed E-state index contributed by atoms with van der Waals surface area (Å²) in [5.74, 6) is -0.774. The Balaban J connectivity index is 1.33. The molecule has 3 aromatic heterocycles. The number of nitrogens with zero attached hydrogens (tertiary/aromatic N) is 1. The van der Waals surface area contributed by atoms with E-state index in [4.69, 9.17) is 9.47 Å². The summed E-state index contributed by atoms with van der Waals surface area (Å²) in [6, 6.07) is 2.99. The van der Waals surface area contributed by atoms with E-state index in [0.29, 0.717) is 33.0 Å². The van der Waals surface area contributed by atoms with Gasteiger partial charge in [-0.3, -0.25) is 14.6 Å². The van der Waals surface area contributed by atoms with Crippen LogP contribution in [0, 0.1) is 11.8 Å². The molecular formula is C31H35N3O6S2. The van der Waals surface area contributed by atoms with Crippen LogP contribution in [0.15, 0.2) is 18.3 Å².